The maximum Gasteiger partial charge on any atom is 0.257 e. The fourth-order valence-corrected chi connectivity index (χ4v) is 2.64. The van der Waals surface area contributed by atoms with Crippen molar-refractivity contribution in [2.24, 2.45) is 0 Å². The normalized spacial score (nSPS) is 30.0. The molecular weight excluding hydrogens is 258 g/mol. The van der Waals surface area contributed by atoms with Gasteiger partial charge in [-0.2, -0.15) is 0 Å². The van der Waals surface area contributed by atoms with Crippen LogP contribution in [0.25, 0.3) is 0 Å². The molecule has 20 heavy (non-hydrogen) atoms. The molecule has 110 valence electrons. The van der Waals surface area contributed by atoms with Crippen LogP contribution in [-0.2, 0) is 4.79 Å². The molecule has 2 aliphatic rings. The number of nitrogens with one attached hydrogen (secondary N) is 1. The molecule has 2 saturated carbocycles. The smallest absolute Gasteiger partial charge is 0.257 e. The molecule has 0 saturated heterocycles. The van der Waals surface area contributed by atoms with Crippen LogP contribution in [0.15, 0.2) is 6.20 Å². The first-order chi connectivity index (χ1) is 9.57. The van der Waals surface area contributed by atoms with Gasteiger partial charge in [0.1, 0.15) is 11.8 Å². The third kappa shape index (κ3) is 2.95. The molecule has 0 aromatic carbocycles. The van der Waals surface area contributed by atoms with Crippen molar-refractivity contribution in [3.63, 3.8) is 0 Å². The molecule has 6 heteroatoms. The summed E-state index contributed by atoms with van der Waals surface area (Å²) in [5.74, 6) is 0.511. The predicted molar refractivity (Wildman–Crippen MR) is 73.7 cm³/mol. The highest BCUT2D eigenvalue weighted by Gasteiger charge is 2.31. The Morgan fingerprint density at radius 2 is 2.15 bits per heavy atom. The second kappa shape index (κ2) is 5.09. The minimum absolute atomic E-state index is 0.248. The number of ether oxygens (including phenoxy) is 1. The average molecular weight is 279 g/mol. The molecule has 1 amide bonds. The van der Waals surface area contributed by atoms with Gasteiger partial charge in [0.2, 0.25) is 6.41 Å². The lowest BCUT2D eigenvalue weighted by Gasteiger charge is -2.32. The van der Waals surface area contributed by atoms with E-state index < -0.39 is 5.60 Å². The highest BCUT2D eigenvalue weighted by Crippen LogP contribution is 2.37. The van der Waals surface area contributed by atoms with Gasteiger partial charge in [-0.15, -0.1) is 5.10 Å². The first kappa shape index (κ1) is 13.4. The summed E-state index contributed by atoms with van der Waals surface area (Å²) in [5, 5.41) is 17.1. The van der Waals surface area contributed by atoms with E-state index in [0.717, 1.165) is 38.5 Å². The summed E-state index contributed by atoms with van der Waals surface area (Å²) in [4.78, 5) is 10.7. The molecule has 2 N–H and O–H groups in total. The molecule has 3 rings (SSSR count). The molecule has 0 bridgehead atoms. The van der Waals surface area contributed by atoms with Crippen LogP contribution in [0.4, 0.5) is 5.69 Å². The van der Waals surface area contributed by atoms with Crippen LogP contribution in [-0.4, -0.2) is 33.0 Å². The maximum atomic E-state index is 10.7. The molecule has 2 fully saturated rings. The zero-order chi connectivity index (χ0) is 14.2. The fourth-order valence-electron chi connectivity index (χ4n) is 2.64. The second-order valence-corrected chi connectivity index (χ2v) is 6.14. The van der Waals surface area contributed by atoms with Crippen LogP contribution in [0.1, 0.15) is 51.5 Å². The van der Waals surface area contributed by atoms with E-state index in [1.54, 1.807) is 0 Å². The Bertz CT molecular complexity index is 484. The molecule has 2 aliphatic carbocycles. The quantitative estimate of drug-likeness (QED) is 0.807. The number of carbonyl (C=O) groups excluding carboxylic acids is 1. The summed E-state index contributed by atoms with van der Waals surface area (Å²) in [7, 11) is 0. The van der Waals surface area contributed by atoms with E-state index in [4.69, 9.17) is 4.74 Å². The summed E-state index contributed by atoms with van der Waals surface area (Å²) < 4.78 is 7.59. The van der Waals surface area contributed by atoms with E-state index in [2.05, 4.69) is 10.4 Å². The van der Waals surface area contributed by atoms with Gasteiger partial charge in [-0.3, -0.25) is 9.48 Å². The Labute approximate surface area is 118 Å². The van der Waals surface area contributed by atoms with E-state index in [0.29, 0.717) is 18.0 Å². The number of amides is 1. The van der Waals surface area contributed by atoms with Gasteiger partial charge in [-0.1, -0.05) is 0 Å². The van der Waals surface area contributed by atoms with Crippen molar-refractivity contribution >= 4 is 12.1 Å². The number of carbonyl (C=O) groups is 1. The second-order valence-electron chi connectivity index (χ2n) is 6.14. The summed E-state index contributed by atoms with van der Waals surface area (Å²) in [5.41, 5.74) is 0.0742. The van der Waals surface area contributed by atoms with Gasteiger partial charge >= 0.3 is 0 Å². The molecule has 1 aromatic rings. The van der Waals surface area contributed by atoms with Gasteiger partial charge in [-0.05, 0) is 45.4 Å². The van der Waals surface area contributed by atoms with Crippen molar-refractivity contribution < 1.29 is 14.6 Å². The van der Waals surface area contributed by atoms with E-state index in [1.165, 1.54) is 0 Å². The Morgan fingerprint density at radius 1 is 1.45 bits per heavy atom. The van der Waals surface area contributed by atoms with Crippen LogP contribution in [0.5, 0.6) is 5.88 Å². The Balaban J connectivity index is 1.73. The topological polar surface area (TPSA) is 76.4 Å². The van der Waals surface area contributed by atoms with E-state index in [-0.39, 0.29) is 12.1 Å². The lowest BCUT2D eigenvalue weighted by atomic mass is 9.84. The van der Waals surface area contributed by atoms with Gasteiger partial charge < -0.3 is 15.2 Å². The van der Waals surface area contributed by atoms with Crippen molar-refractivity contribution in [1.82, 2.24) is 9.78 Å². The van der Waals surface area contributed by atoms with Crippen LogP contribution < -0.4 is 10.1 Å². The zero-order valence-corrected chi connectivity index (χ0v) is 11.7. The minimum Gasteiger partial charge on any atom is -0.472 e. The predicted octanol–water partition coefficient (Wildman–Crippen LogP) is 1.86. The molecule has 1 heterocycles. The zero-order valence-electron chi connectivity index (χ0n) is 11.7. The van der Waals surface area contributed by atoms with Gasteiger partial charge in [0, 0.05) is 0 Å². The van der Waals surface area contributed by atoms with Crippen molar-refractivity contribution in [2.75, 3.05) is 5.32 Å². The van der Waals surface area contributed by atoms with E-state index >= 15 is 0 Å². The Hall–Kier alpha value is -1.56. The number of aromatic nitrogens is 2. The molecule has 0 spiro atoms. The number of rotatable bonds is 5. The van der Waals surface area contributed by atoms with Gasteiger partial charge in [0.15, 0.2) is 0 Å². The number of nitrogens with zero attached hydrogens (tertiary/aromatic N) is 2. The number of aliphatic hydroxyl groups is 1. The monoisotopic (exact) mass is 279 g/mol. The molecule has 6 nitrogen and oxygen atoms in total. The lowest BCUT2D eigenvalue weighted by Crippen LogP contribution is -2.31. The Morgan fingerprint density at radius 3 is 2.75 bits per heavy atom. The molecule has 0 radical (unpaired) electrons. The van der Waals surface area contributed by atoms with Crippen molar-refractivity contribution in [2.45, 2.75) is 63.2 Å². The molecular formula is C14H21N3O3. The third-order valence-corrected chi connectivity index (χ3v) is 4.12. The minimum atomic E-state index is -0.555. The fraction of sp³-hybridized carbons (Fsp3) is 0.714. The number of anilines is 1. The van der Waals surface area contributed by atoms with Crippen molar-refractivity contribution in [1.29, 1.82) is 0 Å². The highest BCUT2D eigenvalue weighted by molar-refractivity contribution is 5.73. The van der Waals surface area contributed by atoms with E-state index in [1.807, 2.05) is 17.8 Å². The number of hydrogen-bond donors (Lipinski definition) is 2. The Kier molecular flexibility index (Phi) is 3.41. The average Bonchev–Trinajstić information content (AvgIpc) is 3.12. The van der Waals surface area contributed by atoms with Crippen molar-refractivity contribution in [3.8, 4) is 5.88 Å². The van der Waals surface area contributed by atoms with Crippen LogP contribution in [0.3, 0.4) is 0 Å². The summed E-state index contributed by atoms with van der Waals surface area (Å²) in [6.45, 7) is 1.88. The van der Waals surface area contributed by atoms with Crippen LogP contribution >= 0.6 is 0 Å². The molecule has 0 aliphatic heterocycles. The van der Waals surface area contributed by atoms with Crippen LogP contribution in [0.2, 0.25) is 0 Å². The van der Waals surface area contributed by atoms with Crippen LogP contribution in [0, 0.1) is 0 Å². The molecule has 1 aromatic heterocycles. The third-order valence-electron chi connectivity index (χ3n) is 4.12. The van der Waals surface area contributed by atoms with E-state index in [9.17, 15) is 9.90 Å². The summed E-state index contributed by atoms with van der Waals surface area (Å²) in [6.07, 6.45) is 8.15. The summed E-state index contributed by atoms with van der Waals surface area (Å²) >= 11 is 0. The molecule has 0 unspecified atom stereocenters. The first-order valence-electron chi connectivity index (χ1n) is 7.26. The standard InChI is InChI=1S/C14H21N3O3/c1-14(19)6-4-10(5-7-14)17-8-12(15-9-18)13(16-17)20-11-2-3-11/h8-11,19H,2-7H2,1H3,(H,15,18)/t10-,14+. The largest absolute Gasteiger partial charge is 0.472 e. The lowest BCUT2D eigenvalue weighted by molar-refractivity contribution is -0.105. The van der Waals surface area contributed by atoms with Gasteiger partial charge in [0.05, 0.1) is 17.8 Å². The molecule has 0 atom stereocenters. The van der Waals surface area contributed by atoms with Crippen molar-refractivity contribution in [3.05, 3.63) is 6.20 Å². The highest BCUT2D eigenvalue weighted by atomic mass is 16.5. The summed E-state index contributed by atoms with van der Waals surface area (Å²) in [6, 6.07) is 0.263. The van der Waals surface area contributed by atoms with Gasteiger partial charge in [0.25, 0.3) is 5.88 Å². The van der Waals surface area contributed by atoms with Gasteiger partial charge in [-0.25, -0.2) is 0 Å². The number of hydrogen-bond acceptors (Lipinski definition) is 4. The first-order valence-corrected chi connectivity index (χ1v) is 7.26. The SMILES string of the molecule is C[C@]1(O)CC[C@@H](n2cc(NC=O)c(OC3CC3)n2)CC1. The maximum absolute atomic E-state index is 10.7.